The zero-order valence-electron chi connectivity index (χ0n) is 18.7. The minimum absolute atomic E-state index is 0.136. The van der Waals surface area contributed by atoms with Gasteiger partial charge in [-0.15, -0.1) is 5.10 Å². The summed E-state index contributed by atoms with van der Waals surface area (Å²) in [5.41, 5.74) is 3.09. The lowest BCUT2D eigenvalue weighted by Gasteiger charge is -2.14. The molecule has 0 radical (unpaired) electrons. The molecule has 170 valence electrons. The molecular weight excluding hydrogens is 423 g/mol. The van der Waals surface area contributed by atoms with Crippen LogP contribution in [0.25, 0.3) is 0 Å². The van der Waals surface area contributed by atoms with E-state index in [1.165, 1.54) is 18.5 Å². The molecule has 2 aromatic carbocycles. The number of nitrogens with zero attached hydrogens (tertiary/aromatic N) is 3. The molecule has 0 spiro atoms. The van der Waals surface area contributed by atoms with Gasteiger partial charge in [-0.05, 0) is 59.9 Å². The Balaban J connectivity index is 1.35. The monoisotopic (exact) mass is 448 g/mol. The van der Waals surface area contributed by atoms with Crippen LogP contribution in [0, 0.1) is 12.7 Å². The first kappa shape index (κ1) is 22.3. The summed E-state index contributed by atoms with van der Waals surface area (Å²) in [5, 5.41) is 6.84. The van der Waals surface area contributed by atoms with Crippen LogP contribution in [0.3, 0.4) is 0 Å². The number of rotatable bonds is 8. The highest BCUT2D eigenvalue weighted by Crippen LogP contribution is 2.28. The molecule has 0 bridgehead atoms. The number of carbonyl (C=O) groups is 1. The van der Waals surface area contributed by atoms with Crippen molar-refractivity contribution in [2.75, 3.05) is 5.32 Å². The number of carbonyl (C=O) groups excluding carboxylic acids is 1. The van der Waals surface area contributed by atoms with Crippen molar-refractivity contribution in [3.05, 3.63) is 95.0 Å². The summed E-state index contributed by atoms with van der Waals surface area (Å²) in [7, 11) is 0. The van der Waals surface area contributed by atoms with E-state index in [1.807, 2.05) is 13.0 Å². The number of halogens is 1. The van der Waals surface area contributed by atoms with E-state index in [1.54, 1.807) is 28.9 Å². The minimum Gasteiger partial charge on any atom is -0.485 e. The highest BCUT2D eigenvalue weighted by Gasteiger charge is 2.15. The fourth-order valence-electron chi connectivity index (χ4n) is 3.34. The molecule has 1 N–H and O–H groups in total. The van der Waals surface area contributed by atoms with E-state index in [2.05, 4.69) is 41.4 Å². The van der Waals surface area contributed by atoms with E-state index < -0.39 is 5.91 Å². The standard InChI is InChI=1S/C25H25FN4O3/c1-16(2)21-10-4-17(3)12-23(21)32-14-20-9-11-22(33-20)24(31)28-25-27-15-30(29-25)13-18-5-7-19(26)8-6-18/h4-12,15-16H,13-14H2,1-3H3,(H,28,29,31). The molecule has 0 atom stereocenters. The molecule has 4 rings (SSSR count). The molecule has 0 aliphatic heterocycles. The van der Waals surface area contributed by atoms with Crippen molar-refractivity contribution in [3.8, 4) is 5.75 Å². The Morgan fingerprint density at radius 3 is 2.70 bits per heavy atom. The molecule has 2 heterocycles. The number of benzene rings is 2. The molecule has 33 heavy (non-hydrogen) atoms. The summed E-state index contributed by atoms with van der Waals surface area (Å²) in [5.74, 6) is 1.20. The first-order valence-corrected chi connectivity index (χ1v) is 10.6. The van der Waals surface area contributed by atoms with Gasteiger partial charge in [0.05, 0.1) is 6.54 Å². The number of furan rings is 1. The number of hydrogen-bond acceptors (Lipinski definition) is 5. The largest absolute Gasteiger partial charge is 0.485 e. The second-order valence-electron chi connectivity index (χ2n) is 8.10. The van der Waals surface area contributed by atoms with Crippen molar-refractivity contribution in [2.45, 2.75) is 39.8 Å². The second kappa shape index (κ2) is 9.68. The van der Waals surface area contributed by atoms with Gasteiger partial charge in [-0.25, -0.2) is 14.1 Å². The van der Waals surface area contributed by atoms with E-state index in [0.717, 1.165) is 22.4 Å². The third kappa shape index (κ3) is 5.65. The van der Waals surface area contributed by atoms with Crippen LogP contribution in [0.5, 0.6) is 5.75 Å². The van der Waals surface area contributed by atoms with Crippen molar-refractivity contribution in [1.82, 2.24) is 14.8 Å². The van der Waals surface area contributed by atoms with Gasteiger partial charge in [0.15, 0.2) is 5.76 Å². The molecule has 0 fully saturated rings. The Morgan fingerprint density at radius 1 is 1.15 bits per heavy atom. The van der Waals surface area contributed by atoms with Crippen LogP contribution >= 0.6 is 0 Å². The minimum atomic E-state index is -0.459. The summed E-state index contributed by atoms with van der Waals surface area (Å²) in [6.45, 7) is 6.86. The average molecular weight is 448 g/mol. The van der Waals surface area contributed by atoms with Crippen LogP contribution in [0.15, 0.2) is 65.3 Å². The smallest absolute Gasteiger partial charge is 0.293 e. The lowest BCUT2D eigenvalue weighted by atomic mass is 10.0. The third-order valence-electron chi connectivity index (χ3n) is 5.07. The molecule has 8 heteroatoms. The van der Waals surface area contributed by atoms with Crippen LogP contribution in [0.1, 0.15) is 52.8 Å². The maximum atomic E-state index is 13.0. The van der Waals surface area contributed by atoms with Gasteiger partial charge < -0.3 is 9.15 Å². The van der Waals surface area contributed by atoms with Crippen molar-refractivity contribution < 1.29 is 18.3 Å². The summed E-state index contributed by atoms with van der Waals surface area (Å²) in [4.78, 5) is 16.6. The van der Waals surface area contributed by atoms with Crippen LogP contribution in [-0.2, 0) is 13.2 Å². The van der Waals surface area contributed by atoms with Gasteiger partial charge in [0.2, 0.25) is 5.95 Å². The van der Waals surface area contributed by atoms with Gasteiger partial charge in [0, 0.05) is 0 Å². The summed E-state index contributed by atoms with van der Waals surface area (Å²) in [6, 6.07) is 15.5. The summed E-state index contributed by atoms with van der Waals surface area (Å²) < 4.78 is 26.2. The maximum absolute atomic E-state index is 13.0. The Morgan fingerprint density at radius 2 is 1.94 bits per heavy atom. The topological polar surface area (TPSA) is 82.2 Å². The van der Waals surface area contributed by atoms with Gasteiger partial charge >= 0.3 is 0 Å². The van der Waals surface area contributed by atoms with Gasteiger partial charge in [-0.2, -0.15) is 0 Å². The first-order chi connectivity index (χ1) is 15.9. The molecule has 0 saturated carbocycles. The predicted molar refractivity (Wildman–Crippen MR) is 122 cm³/mol. The molecule has 4 aromatic rings. The Hall–Kier alpha value is -3.94. The van der Waals surface area contributed by atoms with Gasteiger partial charge in [-0.1, -0.05) is 38.1 Å². The third-order valence-corrected chi connectivity index (χ3v) is 5.07. The quantitative estimate of drug-likeness (QED) is 0.394. The van der Waals surface area contributed by atoms with Crippen LogP contribution < -0.4 is 10.1 Å². The van der Waals surface area contributed by atoms with Crippen molar-refractivity contribution in [3.63, 3.8) is 0 Å². The highest BCUT2D eigenvalue weighted by atomic mass is 19.1. The fraction of sp³-hybridized carbons (Fsp3) is 0.240. The van der Waals surface area contributed by atoms with E-state index in [-0.39, 0.29) is 24.1 Å². The van der Waals surface area contributed by atoms with E-state index in [9.17, 15) is 9.18 Å². The Bertz CT molecular complexity index is 1240. The zero-order valence-corrected chi connectivity index (χ0v) is 18.7. The lowest BCUT2D eigenvalue weighted by molar-refractivity contribution is 0.0991. The number of aromatic nitrogens is 3. The molecule has 1 amide bonds. The molecule has 7 nitrogen and oxygen atoms in total. The molecule has 2 aromatic heterocycles. The van der Waals surface area contributed by atoms with Crippen molar-refractivity contribution in [1.29, 1.82) is 0 Å². The van der Waals surface area contributed by atoms with Crippen LogP contribution in [0.4, 0.5) is 10.3 Å². The first-order valence-electron chi connectivity index (χ1n) is 10.6. The average Bonchev–Trinajstić information content (AvgIpc) is 3.43. The number of amides is 1. The Labute approximate surface area is 191 Å². The number of nitrogens with one attached hydrogen (secondary N) is 1. The lowest BCUT2D eigenvalue weighted by Crippen LogP contribution is -2.12. The maximum Gasteiger partial charge on any atom is 0.293 e. The fourth-order valence-corrected chi connectivity index (χ4v) is 3.34. The van der Waals surface area contributed by atoms with E-state index >= 15 is 0 Å². The number of hydrogen-bond donors (Lipinski definition) is 1. The SMILES string of the molecule is Cc1ccc(C(C)C)c(OCc2ccc(C(=O)Nc3ncn(Cc4ccc(F)cc4)n3)o2)c1. The summed E-state index contributed by atoms with van der Waals surface area (Å²) in [6.07, 6.45) is 1.49. The van der Waals surface area contributed by atoms with Gasteiger partial charge in [-0.3, -0.25) is 10.1 Å². The number of ether oxygens (including phenoxy) is 1. The molecule has 0 aliphatic rings. The molecule has 0 aliphatic carbocycles. The van der Waals surface area contributed by atoms with E-state index in [0.29, 0.717) is 18.2 Å². The Kier molecular flexibility index (Phi) is 6.53. The van der Waals surface area contributed by atoms with Crippen molar-refractivity contribution in [2.24, 2.45) is 0 Å². The van der Waals surface area contributed by atoms with Crippen LogP contribution in [-0.4, -0.2) is 20.7 Å². The van der Waals surface area contributed by atoms with Gasteiger partial charge in [0.25, 0.3) is 5.91 Å². The highest BCUT2D eigenvalue weighted by molar-refractivity contribution is 6.01. The molecular formula is C25H25FN4O3. The zero-order chi connectivity index (χ0) is 23.4. The van der Waals surface area contributed by atoms with Gasteiger partial charge in [0.1, 0.15) is 30.3 Å². The second-order valence-corrected chi connectivity index (χ2v) is 8.10. The number of anilines is 1. The van der Waals surface area contributed by atoms with E-state index in [4.69, 9.17) is 9.15 Å². The summed E-state index contributed by atoms with van der Waals surface area (Å²) >= 11 is 0. The molecule has 0 saturated heterocycles. The van der Waals surface area contributed by atoms with Crippen LogP contribution in [0.2, 0.25) is 0 Å². The normalized spacial score (nSPS) is 11.1. The predicted octanol–water partition coefficient (Wildman–Crippen LogP) is 5.32. The number of aryl methyl sites for hydroxylation is 1. The van der Waals surface area contributed by atoms with Crippen molar-refractivity contribution >= 4 is 11.9 Å². The molecule has 0 unspecified atom stereocenters.